The number of para-hydroxylation sites is 1. The first-order valence-electron chi connectivity index (χ1n) is 5.39. The minimum Gasteiger partial charge on any atom is -0.379 e. The molecule has 0 radical (unpaired) electrons. The fourth-order valence-electron chi connectivity index (χ4n) is 1.72. The van der Waals surface area contributed by atoms with Crippen molar-refractivity contribution in [1.82, 2.24) is 0 Å². The zero-order valence-corrected chi connectivity index (χ0v) is 9.50. The van der Waals surface area contributed by atoms with Crippen molar-refractivity contribution >= 4 is 5.69 Å². The molecular formula is C14H13F2N. The van der Waals surface area contributed by atoms with E-state index >= 15 is 0 Å². The molecule has 2 aromatic rings. The molecule has 0 saturated carbocycles. The molecule has 1 nitrogen and oxygen atoms in total. The molecule has 0 aromatic heterocycles. The lowest BCUT2D eigenvalue weighted by Gasteiger charge is -2.08. The number of halogens is 2. The fraction of sp³-hybridized carbons (Fsp3) is 0.143. The third kappa shape index (κ3) is 3.03. The third-order valence-corrected chi connectivity index (χ3v) is 2.46. The number of anilines is 1. The Balaban J connectivity index is 2.10. The molecule has 0 aliphatic carbocycles. The lowest BCUT2D eigenvalue weighted by molar-refractivity contribution is 0.624. The first kappa shape index (κ1) is 11.6. The Hall–Kier alpha value is -1.90. The molecule has 88 valence electrons. The van der Waals surface area contributed by atoms with Gasteiger partial charge in [-0.05, 0) is 42.3 Å². The van der Waals surface area contributed by atoms with Crippen LogP contribution in [0.25, 0.3) is 0 Å². The van der Waals surface area contributed by atoms with Crippen molar-refractivity contribution in [2.45, 2.75) is 13.5 Å². The van der Waals surface area contributed by atoms with Crippen molar-refractivity contribution in [3.05, 3.63) is 65.2 Å². The smallest absolute Gasteiger partial charge is 0.146 e. The van der Waals surface area contributed by atoms with Crippen molar-refractivity contribution in [1.29, 1.82) is 0 Å². The van der Waals surface area contributed by atoms with Crippen molar-refractivity contribution < 1.29 is 8.78 Å². The Bertz CT molecular complexity index is 503. The second kappa shape index (κ2) is 4.95. The molecule has 17 heavy (non-hydrogen) atoms. The molecule has 2 rings (SSSR count). The Labute approximate surface area is 99.1 Å². The molecule has 0 fully saturated rings. The molecule has 0 spiro atoms. The van der Waals surface area contributed by atoms with E-state index in [0.29, 0.717) is 12.2 Å². The van der Waals surface area contributed by atoms with Gasteiger partial charge in [0.2, 0.25) is 0 Å². The maximum Gasteiger partial charge on any atom is 0.146 e. The maximum atomic E-state index is 13.3. The van der Waals surface area contributed by atoms with Crippen LogP contribution in [0.2, 0.25) is 0 Å². The van der Waals surface area contributed by atoms with Crippen LogP contribution in [-0.4, -0.2) is 0 Å². The van der Waals surface area contributed by atoms with Gasteiger partial charge in [0.25, 0.3) is 0 Å². The number of hydrogen-bond donors (Lipinski definition) is 1. The first-order valence-corrected chi connectivity index (χ1v) is 5.39. The van der Waals surface area contributed by atoms with Crippen molar-refractivity contribution in [2.75, 3.05) is 5.32 Å². The monoisotopic (exact) mass is 233 g/mol. The van der Waals surface area contributed by atoms with Crippen LogP contribution in [0.4, 0.5) is 14.5 Å². The molecule has 0 aliphatic rings. The molecule has 0 atom stereocenters. The van der Waals surface area contributed by atoms with Crippen molar-refractivity contribution in [2.24, 2.45) is 0 Å². The van der Waals surface area contributed by atoms with Crippen molar-refractivity contribution in [3.8, 4) is 0 Å². The summed E-state index contributed by atoms with van der Waals surface area (Å²) in [6.07, 6.45) is 0. The number of aryl methyl sites for hydroxylation is 1. The Morgan fingerprint density at radius 2 is 1.82 bits per heavy atom. The molecule has 0 amide bonds. The highest BCUT2D eigenvalue weighted by atomic mass is 19.1. The van der Waals surface area contributed by atoms with Gasteiger partial charge >= 0.3 is 0 Å². The van der Waals surface area contributed by atoms with Gasteiger partial charge < -0.3 is 5.32 Å². The fourth-order valence-corrected chi connectivity index (χ4v) is 1.72. The predicted molar refractivity (Wildman–Crippen MR) is 64.9 cm³/mol. The average molecular weight is 233 g/mol. The van der Waals surface area contributed by atoms with Gasteiger partial charge in [-0.1, -0.05) is 18.2 Å². The molecule has 0 saturated heterocycles. The predicted octanol–water partition coefficient (Wildman–Crippen LogP) is 3.89. The molecule has 0 aliphatic heterocycles. The first-order chi connectivity index (χ1) is 8.15. The summed E-state index contributed by atoms with van der Waals surface area (Å²) in [6, 6.07) is 11.2. The Morgan fingerprint density at radius 1 is 1.06 bits per heavy atom. The zero-order valence-electron chi connectivity index (χ0n) is 9.50. The van der Waals surface area contributed by atoms with E-state index in [2.05, 4.69) is 5.32 Å². The highest BCUT2D eigenvalue weighted by Crippen LogP contribution is 2.15. The summed E-state index contributed by atoms with van der Waals surface area (Å²) in [6.45, 7) is 2.23. The van der Waals surface area contributed by atoms with Crippen LogP contribution in [0.15, 0.2) is 42.5 Å². The van der Waals surface area contributed by atoms with E-state index in [0.717, 1.165) is 11.1 Å². The zero-order chi connectivity index (χ0) is 12.3. The summed E-state index contributed by atoms with van der Waals surface area (Å²) in [5, 5.41) is 2.94. The average Bonchev–Trinajstić information content (AvgIpc) is 2.27. The number of nitrogens with one attached hydrogen (secondary N) is 1. The topological polar surface area (TPSA) is 12.0 Å². The minimum atomic E-state index is -0.305. The largest absolute Gasteiger partial charge is 0.379 e. The highest BCUT2D eigenvalue weighted by molar-refractivity contribution is 5.45. The second-order valence-electron chi connectivity index (χ2n) is 3.97. The van der Waals surface area contributed by atoms with Gasteiger partial charge in [0.1, 0.15) is 11.6 Å². The third-order valence-electron chi connectivity index (χ3n) is 2.46. The van der Waals surface area contributed by atoms with Crippen LogP contribution in [0.1, 0.15) is 11.1 Å². The summed E-state index contributed by atoms with van der Waals surface area (Å²) < 4.78 is 26.4. The van der Waals surface area contributed by atoms with E-state index in [1.54, 1.807) is 18.2 Å². The van der Waals surface area contributed by atoms with E-state index in [1.165, 1.54) is 18.2 Å². The lowest BCUT2D eigenvalue weighted by Crippen LogP contribution is -2.02. The van der Waals surface area contributed by atoms with E-state index in [1.807, 2.05) is 13.0 Å². The van der Waals surface area contributed by atoms with Crippen molar-refractivity contribution in [3.63, 3.8) is 0 Å². The van der Waals surface area contributed by atoms with Gasteiger partial charge in [0.05, 0.1) is 5.69 Å². The molecule has 0 unspecified atom stereocenters. The summed E-state index contributed by atoms with van der Waals surface area (Å²) in [5.41, 5.74) is 2.08. The number of hydrogen-bond acceptors (Lipinski definition) is 1. The molecule has 0 heterocycles. The molecule has 3 heteroatoms. The van der Waals surface area contributed by atoms with Crippen LogP contribution in [0.5, 0.6) is 0 Å². The van der Waals surface area contributed by atoms with Crippen LogP contribution < -0.4 is 5.32 Å². The Morgan fingerprint density at radius 3 is 2.53 bits per heavy atom. The lowest BCUT2D eigenvalue weighted by atomic mass is 10.1. The van der Waals surface area contributed by atoms with E-state index in [-0.39, 0.29) is 11.6 Å². The Kier molecular flexibility index (Phi) is 3.38. The van der Waals surface area contributed by atoms with Gasteiger partial charge in [0.15, 0.2) is 0 Å². The maximum absolute atomic E-state index is 13.3. The normalized spacial score (nSPS) is 10.3. The molecule has 2 aromatic carbocycles. The van der Waals surface area contributed by atoms with Gasteiger partial charge in [-0.3, -0.25) is 0 Å². The summed E-state index contributed by atoms with van der Waals surface area (Å²) >= 11 is 0. The van der Waals surface area contributed by atoms with E-state index in [4.69, 9.17) is 0 Å². The van der Waals surface area contributed by atoms with Crippen LogP contribution in [0, 0.1) is 18.6 Å². The summed E-state index contributed by atoms with van der Waals surface area (Å²) in [5.74, 6) is -0.573. The number of rotatable bonds is 3. The van der Waals surface area contributed by atoms with Crippen LogP contribution in [0.3, 0.4) is 0 Å². The molecule has 0 bridgehead atoms. The van der Waals surface area contributed by atoms with Gasteiger partial charge in [0, 0.05) is 6.54 Å². The van der Waals surface area contributed by atoms with Gasteiger partial charge in [-0.25, -0.2) is 8.78 Å². The summed E-state index contributed by atoms with van der Waals surface area (Å²) in [4.78, 5) is 0. The molecule has 1 N–H and O–H groups in total. The highest BCUT2D eigenvalue weighted by Gasteiger charge is 2.01. The van der Waals surface area contributed by atoms with E-state index in [9.17, 15) is 8.78 Å². The van der Waals surface area contributed by atoms with Gasteiger partial charge in [-0.2, -0.15) is 0 Å². The second-order valence-corrected chi connectivity index (χ2v) is 3.97. The number of benzene rings is 2. The SMILES string of the molecule is Cc1cc(F)cc(CNc2ccccc2F)c1. The minimum absolute atomic E-state index is 0.268. The van der Waals surface area contributed by atoms with Gasteiger partial charge in [-0.15, -0.1) is 0 Å². The molecular weight excluding hydrogens is 220 g/mol. The summed E-state index contributed by atoms with van der Waals surface area (Å²) in [7, 11) is 0. The standard InChI is InChI=1S/C14H13F2N/c1-10-6-11(8-12(15)7-10)9-17-14-5-3-2-4-13(14)16/h2-8,17H,9H2,1H3. The quantitative estimate of drug-likeness (QED) is 0.848. The van der Waals surface area contributed by atoms with E-state index < -0.39 is 0 Å². The van der Waals surface area contributed by atoms with Crippen LogP contribution in [-0.2, 0) is 6.54 Å². The van der Waals surface area contributed by atoms with Crippen LogP contribution >= 0.6 is 0 Å².